The number of aromatic carboxylic acids is 1. The molecule has 1 aliphatic rings. The van der Waals surface area contributed by atoms with Gasteiger partial charge >= 0.3 is 18.0 Å². The normalized spacial score (nSPS) is 14.5. The van der Waals surface area contributed by atoms with Gasteiger partial charge in [0.2, 0.25) is 0 Å². The van der Waals surface area contributed by atoms with E-state index in [0.29, 0.717) is 25.9 Å². The Morgan fingerprint density at radius 2 is 1.83 bits per heavy atom. The number of nitrogens with one attached hydrogen (secondary N) is 1. The lowest BCUT2D eigenvalue weighted by Crippen LogP contribution is -2.45. The standard InChI is InChI=1S/C27H34N2O6/c1-27(2,3)35-24(30)12-11-23(28-26(33)34-18-19-7-5-4-6-8-19)17-29-14-13-20-15-21(25(31)32)9-10-22(20)16-29/h4-10,15,23H,11-14,16-18H2,1-3H3,(H,28,33)(H,31,32)/t23-/m0/s1. The number of esters is 1. The number of carbonyl (C=O) groups is 3. The lowest BCUT2D eigenvalue weighted by atomic mass is 9.96. The van der Waals surface area contributed by atoms with E-state index in [2.05, 4.69) is 10.2 Å². The van der Waals surface area contributed by atoms with Gasteiger partial charge in [0.25, 0.3) is 0 Å². The van der Waals surface area contributed by atoms with Crippen molar-refractivity contribution < 1.29 is 29.0 Å². The second-order valence-corrected chi connectivity index (χ2v) is 9.80. The molecule has 2 aromatic carbocycles. The van der Waals surface area contributed by atoms with Gasteiger partial charge in [-0.1, -0.05) is 36.4 Å². The number of alkyl carbamates (subject to hydrolysis) is 1. The maximum atomic E-state index is 12.5. The molecule has 0 spiro atoms. The Bertz CT molecular complexity index is 1030. The monoisotopic (exact) mass is 482 g/mol. The van der Waals surface area contributed by atoms with E-state index in [1.54, 1.807) is 12.1 Å². The molecular formula is C27H34N2O6. The molecule has 0 saturated heterocycles. The number of carbonyl (C=O) groups excluding carboxylic acids is 2. The summed E-state index contributed by atoms with van der Waals surface area (Å²) in [6, 6.07) is 14.3. The molecular weight excluding hydrogens is 448 g/mol. The van der Waals surface area contributed by atoms with E-state index in [-0.39, 0.29) is 30.6 Å². The van der Waals surface area contributed by atoms with Gasteiger partial charge in [0, 0.05) is 32.1 Å². The molecule has 0 unspecified atom stereocenters. The number of rotatable bonds is 9. The van der Waals surface area contributed by atoms with Gasteiger partial charge < -0.3 is 19.9 Å². The average Bonchev–Trinajstić information content (AvgIpc) is 2.80. The second-order valence-electron chi connectivity index (χ2n) is 9.80. The van der Waals surface area contributed by atoms with Crippen LogP contribution in [0.2, 0.25) is 0 Å². The molecule has 2 N–H and O–H groups in total. The van der Waals surface area contributed by atoms with Gasteiger partial charge in [-0.05, 0) is 62.4 Å². The van der Waals surface area contributed by atoms with Gasteiger partial charge in [0.15, 0.2) is 0 Å². The van der Waals surface area contributed by atoms with E-state index in [9.17, 15) is 19.5 Å². The highest BCUT2D eigenvalue weighted by atomic mass is 16.6. The number of carboxylic acids is 1. The molecule has 0 bridgehead atoms. The molecule has 8 heteroatoms. The molecule has 2 aromatic rings. The first kappa shape index (κ1) is 26.2. The minimum atomic E-state index is -0.935. The third-order valence-electron chi connectivity index (χ3n) is 5.67. The fourth-order valence-electron chi connectivity index (χ4n) is 4.04. The first-order valence-corrected chi connectivity index (χ1v) is 11.9. The highest BCUT2D eigenvalue weighted by Crippen LogP contribution is 2.21. The minimum absolute atomic E-state index is 0.161. The summed E-state index contributed by atoms with van der Waals surface area (Å²) in [6.07, 6.45) is 0.768. The Morgan fingerprint density at radius 1 is 1.09 bits per heavy atom. The molecule has 1 amide bonds. The molecule has 188 valence electrons. The van der Waals surface area contributed by atoms with E-state index in [1.807, 2.05) is 57.2 Å². The van der Waals surface area contributed by atoms with Crippen molar-refractivity contribution in [2.45, 2.75) is 64.8 Å². The number of hydrogen-bond acceptors (Lipinski definition) is 6. The quantitative estimate of drug-likeness (QED) is 0.517. The maximum absolute atomic E-state index is 12.5. The van der Waals surface area contributed by atoms with Crippen LogP contribution in [0.25, 0.3) is 0 Å². The SMILES string of the molecule is CC(C)(C)OC(=O)CC[C@@H](CN1CCc2cc(C(=O)O)ccc2C1)NC(=O)OCc1ccccc1. The predicted molar refractivity (Wildman–Crippen MR) is 131 cm³/mol. The fourth-order valence-corrected chi connectivity index (χ4v) is 4.04. The van der Waals surface area contributed by atoms with Crippen LogP contribution in [0.4, 0.5) is 4.79 Å². The summed E-state index contributed by atoms with van der Waals surface area (Å²) in [5, 5.41) is 12.1. The Labute approximate surface area is 206 Å². The van der Waals surface area contributed by atoms with Crippen LogP contribution in [0.3, 0.4) is 0 Å². The van der Waals surface area contributed by atoms with Crippen LogP contribution < -0.4 is 5.32 Å². The summed E-state index contributed by atoms with van der Waals surface area (Å²) in [5.41, 5.74) is 2.71. The van der Waals surface area contributed by atoms with E-state index in [1.165, 1.54) is 0 Å². The summed E-state index contributed by atoms with van der Waals surface area (Å²) in [5.74, 6) is -1.25. The molecule has 1 atom stereocenters. The van der Waals surface area contributed by atoms with E-state index in [4.69, 9.17) is 9.47 Å². The van der Waals surface area contributed by atoms with E-state index >= 15 is 0 Å². The van der Waals surface area contributed by atoms with Crippen LogP contribution in [-0.2, 0) is 33.8 Å². The maximum Gasteiger partial charge on any atom is 0.407 e. The highest BCUT2D eigenvalue weighted by Gasteiger charge is 2.24. The number of hydrogen-bond donors (Lipinski definition) is 2. The molecule has 35 heavy (non-hydrogen) atoms. The average molecular weight is 483 g/mol. The van der Waals surface area contributed by atoms with Gasteiger partial charge in [0.1, 0.15) is 12.2 Å². The molecule has 8 nitrogen and oxygen atoms in total. The lowest BCUT2D eigenvalue weighted by Gasteiger charge is -2.32. The lowest BCUT2D eigenvalue weighted by molar-refractivity contribution is -0.155. The van der Waals surface area contributed by atoms with Gasteiger partial charge in [-0.15, -0.1) is 0 Å². The number of benzene rings is 2. The zero-order valence-corrected chi connectivity index (χ0v) is 20.6. The Balaban J connectivity index is 1.61. The summed E-state index contributed by atoms with van der Waals surface area (Å²) < 4.78 is 10.8. The van der Waals surface area contributed by atoms with Crippen molar-refractivity contribution in [1.29, 1.82) is 0 Å². The summed E-state index contributed by atoms with van der Waals surface area (Å²) in [4.78, 5) is 38.2. The van der Waals surface area contributed by atoms with Crippen LogP contribution in [-0.4, -0.2) is 52.8 Å². The Kier molecular flexibility index (Phi) is 8.87. The molecule has 0 saturated carbocycles. The predicted octanol–water partition coefficient (Wildman–Crippen LogP) is 4.16. The molecule has 0 fully saturated rings. The first-order chi connectivity index (χ1) is 16.6. The molecule has 1 heterocycles. The van der Waals surface area contributed by atoms with Crippen molar-refractivity contribution in [1.82, 2.24) is 10.2 Å². The van der Waals surface area contributed by atoms with Gasteiger partial charge in [-0.3, -0.25) is 9.69 Å². The summed E-state index contributed by atoms with van der Waals surface area (Å²) in [7, 11) is 0. The molecule has 0 aromatic heterocycles. The van der Waals surface area contributed by atoms with E-state index < -0.39 is 17.7 Å². The fraction of sp³-hybridized carbons (Fsp3) is 0.444. The zero-order chi connectivity index (χ0) is 25.4. The number of ether oxygens (including phenoxy) is 2. The number of nitrogens with zero attached hydrogens (tertiary/aromatic N) is 1. The number of fused-ring (bicyclic) bond motifs is 1. The van der Waals surface area contributed by atoms with Crippen LogP contribution in [0, 0.1) is 0 Å². The van der Waals surface area contributed by atoms with Crippen molar-refractivity contribution in [3.63, 3.8) is 0 Å². The van der Waals surface area contributed by atoms with Crippen molar-refractivity contribution in [2.75, 3.05) is 13.1 Å². The molecule has 0 aliphatic carbocycles. The van der Waals surface area contributed by atoms with E-state index in [0.717, 1.165) is 23.2 Å². The van der Waals surface area contributed by atoms with Crippen LogP contribution in [0.15, 0.2) is 48.5 Å². The Morgan fingerprint density at radius 3 is 2.51 bits per heavy atom. The van der Waals surface area contributed by atoms with Crippen molar-refractivity contribution in [2.24, 2.45) is 0 Å². The van der Waals surface area contributed by atoms with Gasteiger partial charge in [0.05, 0.1) is 5.56 Å². The van der Waals surface area contributed by atoms with Crippen molar-refractivity contribution >= 4 is 18.0 Å². The topological polar surface area (TPSA) is 105 Å². The molecule has 0 radical (unpaired) electrons. The smallest absolute Gasteiger partial charge is 0.407 e. The third-order valence-corrected chi connectivity index (χ3v) is 5.67. The van der Waals surface area contributed by atoms with Crippen LogP contribution in [0.5, 0.6) is 0 Å². The number of amides is 1. The van der Waals surface area contributed by atoms with Crippen LogP contribution in [0.1, 0.15) is 60.7 Å². The highest BCUT2D eigenvalue weighted by molar-refractivity contribution is 5.87. The summed E-state index contributed by atoms with van der Waals surface area (Å²) >= 11 is 0. The van der Waals surface area contributed by atoms with Gasteiger partial charge in [-0.25, -0.2) is 9.59 Å². The second kappa shape index (κ2) is 11.8. The van der Waals surface area contributed by atoms with Gasteiger partial charge in [-0.2, -0.15) is 0 Å². The zero-order valence-electron chi connectivity index (χ0n) is 20.6. The molecule has 3 rings (SSSR count). The van der Waals surface area contributed by atoms with Crippen molar-refractivity contribution in [3.05, 3.63) is 70.8 Å². The third kappa shape index (κ3) is 8.72. The largest absolute Gasteiger partial charge is 0.478 e. The minimum Gasteiger partial charge on any atom is -0.478 e. The number of carboxylic acid groups (broad SMARTS) is 1. The Hall–Kier alpha value is -3.39. The van der Waals surface area contributed by atoms with Crippen molar-refractivity contribution in [3.8, 4) is 0 Å². The van der Waals surface area contributed by atoms with Crippen LogP contribution >= 0.6 is 0 Å². The first-order valence-electron chi connectivity index (χ1n) is 11.9. The summed E-state index contributed by atoms with van der Waals surface area (Å²) in [6.45, 7) is 7.52. The molecule has 1 aliphatic heterocycles.